The maximum absolute atomic E-state index is 5.27. The predicted molar refractivity (Wildman–Crippen MR) is 60.3 cm³/mol. The summed E-state index contributed by atoms with van der Waals surface area (Å²) >= 11 is 5.27. The van der Waals surface area contributed by atoms with Crippen molar-refractivity contribution in [2.75, 3.05) is 13.7 Å². The van der Waals surface area contributed by atoms with E-state index in [-0.39, 0.29) is 6.10 Å². The number of nitrogens with zero attached hydrogens (tertiary/aromatic N) is 1. The second-order valence-corrected chi connectivity index (χ2v) is 4.08. The first-order valence-electron chi connectivity index (χ1n) is 5.08. The van der Waals surface area contributed by atoms with Crippen molar-refractivity contribution >= 4 is 12.2 Å². The van der Waals surface area contributed by atoms with E-state index >= 15 is 0 Å². The first-order chi connectivity index (χ1) is 7.22. The fraction of sp³-hybridized carbons (Fsp3) is 0.600. The quantitative estimate of drug-likeness (QED) is 0.749. The van der Waals surface area contributed by atoms with E-state index in [1.807, 2.05) is 6.92 Å². The van der Waals surface area contributed by atoms with Gasteiger partial charge in [-0.05, 0) is 6.92 Å². The molecule has 2 N–H and O–H groups in total. The molecule has 1 unspecified atom stereocenters. The third kappa shape index (κ3) is 2.09. The summed E-state index contributed by atoms with van der Waals surface area (Å²) in [7, 11) is 1.67. The molecule has 1 aliphatic rings. The molecule has 0 saturated carbocycles. The topological polar surface area (TPSA) is 49.9 Å². The van der Waals surface area contributed by atoms with Crippen LogP contribution in [-0.4, -0.2) is 23.6 Å². The zero-order chi connectivity index (χ0) is 10.8. The summed E-state index contributed by atoms with van der Waals surface area (Å²) in [6, 6.07) is 0. The Morgan fingerprint density at radius 1 is 1.53 bits per heavy atom. The lowest BCUT2D eigenvalue weighted by molar-refractivity contribution is 0.111. The van der Waals surface area contributed by atoms with Gasteiger partial charge < -0.3 is 15.0 Å². The number of fused-ring (bicyclic) bond motifs is 1. The van der Waals surface area contributed by atoms with Gasteiger partial charge >= 0.3 is 0 Å². The molecule has 0 fully saturated rings. The van der Waals surface area contributed by atoms with E-state index in [1.54, 1.807) is 7.11 Å². The third-order valence-corrected chi connectivity index (χ3v) is 3.05. The summed E-state index contributed by atoms with van der Waals surface area (Å²) in [6.07, 6.45) is 0.942. The van der Waals surface area contributed by atoms with E-state index in [0.717, 1.165) is 30.9 Å². The summed E-state index contributed by atoms with van der Waals surface area (Å²) in [5.74, 6) is 0.822. The highest BCUT2D eigenvalue weighted by atomic mass is 32.1. The molecule has 0 bridgehead atoms. The molecule has 0 aliphatic carbocycles. The van der Waals surface area contributed by atoms with E-state index in [2.05, 4.69) is 15.3 Å². The lowest BCUT2D eigenvalue weighted by Crippen LogP contribution is -2.26. The summed E-state index contributed by atoms with van der Waals surface area (Å²) in [4.78, 5) is 7.67. The van der Waals surface area contributed by atoms with Gasteiger partial charge in [0.1, 0.15) is 16.6 Å². The van der Waals surface area contributed by atoms with E-state index in [4.69, 9.17) is 17.0 Å². The molecule has 1 aromatic heterocycles. The number of hydrogen-bond donors (Lipinski definition) is 2. The van der Waals surface area contributed by atoms with Crippen molar-refractivity contribution in [3.63, 3.8) is 0 Å². The number of rotatable bonds is 2. The minimum absolute atomic E-state index is 0.0353. The molecular formula is C10H15N3OS. The van der Waals surface area contributed by atoms with Gasteiger partial charge in [0.2, 0.25) is 0 Å². The van der Waals surface area contributed by atoms with Gasteiger partial charge in [-0.25, -0.2) is 4.98 Å². The first kappa shape index (κ1) is 10.7. The first-order valence-corrected chi connectivity index (χ1v) is 5.48. The zero-order valence-corrected chi connectivity index (χ0v) is 9.78. The normalized spacial score (nSPS) is 17.2. The Kier molecular flexibility index (Phi) is 3.14. The van der Waals surface area contributed by atoms with Crippen LogP contribution >= 0.6 is 12.2 Å². The van der Waals surface area contributed by atoms with Crippen molar-refractivity contribution in [2.24, 2.45) is 0 Å². The van der Waals surface area contributed by atoms with Gasteiger partial charge in [0.15, 0.2) is 0 Å². The number of nitrogens with one attached hydrogen (secondary N) is 2. The molecule has 15 heavy (non-hydrogen) atoms. The van der Waals surface area contributed by atoms with Crippen molar-refractivity contribution in [3.05, 3.63) is 21.7 Å². The van der Waals surface area contributed by atoms with Crippen molar-refractivity contribution < 1.29 is 4.74 Å². The molecular weight excluding hydrogens is 210 g/mol. The largest absolute Gasteiger partial charge is 0.374 e. The third-order valence-electron chi connectivity index (χ3n) is 2.72. The highest BCUT2D eigenvalue weighted by Crippen LogP contribution is 2.17. The average molecular weight is 225 g/mol. The maximum Gasteiger partial charge on any atom is 0.136 e. The maximum atomic E-state index is 5.27. The number of ether oxygens (including phenoxy) is 1. The minimum atomic E-state index is -0.0353. The van der Waals surface area contributed by atoms with Gasteiger partial charge in [-0.3, -0.25) is 0 Å². The number of H-pyrrole nitrogens is 1. The van der Waals surface area contributed by atoms with Crippen LogP contribution in [0.15, 0.2) is 0 Å². The van der Waals surface area contributed by atoms with Crippen LogP contribution in [0.5, 0.6) is 0 Å². The molecule has 4 nitrogen and oxygen atoms in total. The molecule has 5 heteroatoms. The van der Waals surface area contributed by atoms with Crippen LogP contribution in [0.1, 0.15) is 30.1 Å². The Morgan fingerprint density at radius 2 is 2.33 bits per heavy atom. The number of aromatic amines is 1. The fourth-order valence-electron chi connectivity index (χ4n) is 1.69. The SMILES string of the molecule is COC(C)c1nc(=S)c2c([nH]1)CCNC2. The van der Waals surface area contributed by atoms with Crippen LogP contribution in [0.2, 0.25) is 0 Å². The minimum Gasteiger partial charge on any atom is -0.374 e. The highest BCUT2D eigenvalue weighted by molar-refractivity contribution is 7.71. The van der Waals surface area contributed by atoms with Crippen LogP contribution in [0.25, 0.3) is 0 Å². The molecule has 1 atom stereocenters. The van der Waals surface area contributed by atoms with Crippen LogP contribution in [0.4, 0.5) is 0 Å². The average Bonchev–Trinajstić information content (AvgIpc) is 2.28. The summed E-state index contributed by atoms with van der Waals surface area (Å²) < 4.78 is 5.92. The Bertz CT molecular complexity index is 416. The smallest absolute Gasteiger partial charge is 0.136 e. The number of aromatic nitrogens is 2. The van der Waals surface area contributed by atoms with E-state index in [9.17, 15) is 0 Å². The van der Waals surface area contributed by atoms with Gasteiger partial charge in [0.25, 0.3) is 0 Å². The standard InChI is InChI=1S/C10H15N3OS/c1-6(14-2)9-12-8-3-4-11-5-7(8)10(15)13-9/h6,11H,3-5H2,1-2H3,(H,12,13,15). The molecule has 0 spiro atoms. The number of hydrogen-bond acceptors (Lipinski definition) is 4. The number of methoxy groups -OCH3 is 1. The van der Waals surface area contributed by atoms with Crippen molar-refractivity contribution in [1.82, 2.24) is 15.3 Å². The lowest BCUT2D eigenvalue weighted by atomic mass is 10.1. The van der Waals surface area contributed by atoms with Crippen LogP contribution in [-0.2, 0) is 17.7 Å². The van der Waals surface area contributed by atoms with Gasteiger partial charge in [-0.1, -0.05) is 12.2 Å². The monoisotopic (exact) mass is 225 g/mol. The van der Waals surface area contributed by atoms with Gasteiger partial charge in [0, 0.05) is 37.9 Å². The molecule has 82 valence electrons. The summed E-state index contributed by atoms with van der Waals surface area (Å²) in [5, 5.41) is 3.29. The lowest BCUT2D eigenvalue weighted by Gasteiger charge is -2.19. The molecule has 0 amide bonds. The van der Waals surface area contributed by atoms with E-state index < -0.39 is 0 Å². The van der Waals surface area contributed by atoms with E-state index in [0.29, 0.717) is 4.64 Å². The second-order valence-electron chi connectivity index (χ2n) is 3.69. The zero-order valence-electron chi connectivity index (χ0n) is 8.96. The predicted octanol–water partition coefficient (Wildman–Crippen LogP) is 1.49. The molecule has 2 rings (SSSR count). The highest BCUT2D eigenvalue weighted by Gasteiger charge is 2.15. The van der Waals surface area contributed by atoms with Gasteiger partial charge in [0.05, 0.1) is 0 Å². The molecule has 2 heterocycles. The molecule has 1 aromatic rings. The second kappa shape index (κ2) is 4.38. The van der Waals surface area contributed by atoms with Crippen LogP contribution in [0, 0.1) is 4.64 Å². The molecule has 1 aliphatic heterocycles. The Morgan fingerprint density at radius 3 is 3.07 bits per heavy atom. The summed E-state index contributed by atoms with van der Waals surface area (Å²) in [6.45, 7) is 3.77. The Labute approximate surface area is 94.1 Å². The molecule has 0 saturated heterocycles. The van der Waals surface area contributed by atoms with Crippen molar-refractivity contribution in [2.45, 2.75) is 26.0 Å². The van der Waals surface area contributed by atoms with E-state index in [1.165, 1.54) is 5.69 Å². The summed E-state index contributed by atoms with van der Waals surface area (Å²) in [5.41, 5.74) is 2.33. The Balaban J connectivity index is 2.45. The van der Waals surface area contributed by atoms with Gasteiger partial charge in [-0.15, -0.1) is 0 Å². The van der Waals surface area contributed by atoms with Crippen molar-refractivity contribution in [1.29, 1.82) is 0 Å². The van der Waals surface area contributed by atoms with Gasteiger partial charge in [-0.2, -0.15) is 0 Å². The Hall–Kier alpha value is -0.780. The fourth-order valence-corrected chi connectivity index (χ4v) is 1.98. The van der Waals surface area contributed by atoms with Crippen LogP contribution in [0.3, 0.4) is 0 Å². The molecule has 0 aromatic carbocycles. The van der Waals surface area contributed by atoms with Crippen LogP contribution < -0.4 is 5.32 Å². The molecule has 0 radical (unpaired) electrons. The van der Waals surface area contributed by atoms with Crippen molar-refractivity contribution in [3.8, 4) is 0 Å².